The zero-order chi connectivity index (χ0) is 16.1. The number of nitrogens with one attached hydrogen (secondary N) is 2. The fraction of sp³-hybridized carbons (Fsp3) is 0.333. The van der Waals surface area contributed by atoms with Crippen molar-refractivity contribution in [3.63, 3.8) is 0 Å². The molecule has 1 fully saturated rings. The van der Waals surface area contributed by atoms with Crippen molar-refractivity contribution in [3.05, 3.63) is 59.9 Å². The lowest BCUT2D eigenvalue weighted by molar-refractivity contribution is -0.123. The van der Waals surface area contributed by atoms with Gasteiger partial charge in [0.15, 0.2) is 0 Å². The highest BCUT2D eigenvalue weighted by atomic mass is 16.5. The van der Waals surface area contributed by atoms with Gasteiger partial charge < -0.3 is 15.4 Å². The molecule has 1 aliphatic heterocycles. The highest BCUT2D eigenvalue weighted by molar-refractivity contribution is 5.77. The molecule has 0 unspecified atom stereocenters. The van der Waals surface area contributed by atoms with Crippen LogP contribution in [-0.4, -0.2) is 24.0 Å². The predicted molar refractivity (Wildman–Crippen MR) is 88.0 cm³/mol. The third-order valence-corrected chi connectivity index (χ3v) is 4.14. The first kappa shape index (κ1) is 15.5. The van der Waals surface area contributed by atoms with Crippen LogP contribution in [0.2, 0.25) is 0 Å². The molecule has 0 spiro atoms. The van der Waals surface area contributed by atoms with Crippen molar-refractivity contribution >= 4 is 5.91 Å². The Labute approximate surface area is 136 Å². The highest BCUT2D eigenvalue weighted by Gasteiger charge is 2.29. The van der Waals surface area contributed by atoms with Crippen LogP contribution in [0.3, 0.4) is 0 Å². The quantitative estimate of drug-likeness (QED) is 0.888. The molecule has 120 valence electrons. The molecule has 2 aromatic rings. The van der Waals surface area contributed by atoms with Gasteiger partial charge >= 0.3 is 0 Å². The van der Waals surface area contributed by atoms with E-state index in [0.29, 0.717) is 13.0 Å². The minimum Gasteiger partial charge on any atom is -0.495 e. The number of hydrogen-bond acceptors (Lipinski definition) is 4. The number of pyridine rings is 1. The smallest absolute Gasteiger partial charge is 0.220 e. The van der Waals surface area contributed by atoms with Crippen LogP contribution in [0.15, 0.2) is 48.7 Å². The third kappa shape index (κ3) is 3.87. The Morgan fingerprint density at radius 3 is 2.78 bits per heavy atom. The normalized spacial score (nSPS) is 20.8. The van der Waals surface area contributed by atoms with Crippen molar-refractivity contribution < 1.29 is 9.53 Å². The molecular weight excluding hydrogens is 290 g/mol. The van der Waals surface area contributed by atoms with Gasteiger partial charge in [0.1, 0.15) is 5.75 Å². The molecule has 2 N–H and O–H groups in total. The molecule has 3 rings (SSSR count). The van der Waals surface area contributed by atoms with Gasteiger partial charge in [0, 0.05) is 19.0 Å². The van der Waals surface area contributed by atoms with Gasteiger partial charge in [-0.15, -0.1) is 0 Å². The van der Waals surface area contributed by atoms with E-state index in [9.17, 15) is 4.79 Å². The number of amides is 1. The Bertz CT molecular complexity index is 643. The van der Waals surface area contributed by atoms with Gasteiger partial charge in [-0.2, -0.15) is 0 Å². The summed E-state index contributed by atoms with van der Waals surface area (Å²) in [5.41, 5.74) is 2.08. The first-order valence-electron chi connectivity index (χ1n) is 7.83. The number of aromatic nitrogens is 1. The zero-order valence-corrected chi connectivity index (χ0v) is 13.2. The Morgan fingerprint density at radius 2 is 2.09 bits per heavy atom. The highest BCUT2D eigenvalue weighted by Crippen LogP contribution is 2.24. The lowest BCUT2D eigenvalue weighted by atomic mass is 9.92. The summed E-state index contributed by atoms with van der Waals surface area (Å²) in [6.07, 6.45) is 3.09. The summed E-state index contributed by atoms with van der Waals surface area (Å²) in [5, 5.41) is 6.62. The minimum absolute atomic E-state index is 0.00398. The van der Waals surface area contributed by atoms with E-state index < -0.39 is 0 Å². The van der Waals surface area contributed by atoms with E-state index in [0.717, 1.165) is 23.4 Å². The SMILES string of the molecule is COc1ccc(CN[C@@H]2CCC(=O)N[C@H]2c2ccccc2)nc1. The van der Waals surface area contributed by atoms with E-state index in [4.69, 9.17) is 4.74 Å². The molecule has 0 bridgehead atoms. The molecule has 2 atom stereocenters. The predicted octanol–water partition coefficient (Wildman–Crippen LogP) is 2.20. The molecule has 5 heteroatoms. The zero-order valence-electron chi connectivity index (χ0n) is 13.2. The first-order valence-corrected chi connectivity index (χ1v) is 7.83. The minimum atomic E-state index is -0.00398. The Balaban J connectivity index is 1.67. The van der Waals surface area contributed by atoms with Gasteiger partial charge in [0.05, 0.1) is 25.0 Å². The maximum Gasteiger partial charge on any atom is 0.220 e. The molecule has 1 aliphatic rings. The molecule has 23 heavy (non-hydrogen) atoms. The fourth-order valence-electron chi connectivity index (χ4n) is 2.87. The Kier molecular flexibility index (Phi) is 4.88. The second-order valence-corrected chi connectivity index (χ2v) is 5.67. The largest absolute Gasteiger partial charge is 0.495 e. The number of rotatable bonds is 5. The van der Waals surface area contributed by atoms with Crippen LogP contribution in [0.25, 0.3) is 0 Å². The molecule has 0 aliphatic carbocycles. The standard InChI is InChI=1S/C18H21N3O2/c1-23-15-8-7-14(19-12-15)11-20-16-9-10-17(22)21-18(16)13-5-3-2-4-6-13/h2-8,12,16,18,20H,9-11H2,1H3,(H,21,22)/t16-,18+/m1/s1. The van der Waals surface area contributed by atoms with E-state index in [1.165, 1.54) is 0 Å². The first-order chi connectivity index (χ1) is 11.3. The maximum atomic E-state index is 11.8. The summed E-state index contributed by atoms with van der Waals surface area (Å²) in [7, 11) is 1.63. The molecular formula is C18H21N3O2. The van der Waals surface area contributed by atoms with Crippen molar-refractivity contribution in [1.29, 1.82) is 0 Å². The van der Waals surface area contributed by atoms with E-state index in [1.54, 1.807) is 13.3 Å². The molecule has 2 heterocycles. The van der Waals surface area contributed by atoms with E-state index in [-0.39, 0.29) is 18.0 Å². The summed E-state index contributed by atoms with van der Waals surface area (Å²) in [6.45, 7) is 0.661. The van der Waals surface area contributed by atoms with Crippen molar-refractivity contribution in [2.24, 2.45) is 0 Å². The lowest BCUT2D eigenvalue weighted by Crippen LogP contribution is -2.48. The fourth-order valence-corrected chi connectivity index (χ4v) is 2.87. The van der Waals surface area contributed by atoms with Crippen LogP contribution in [0.5, 0.6) is 5.75 Å². The summed E-state index contributed by atoms with van der Waals surface area (Å²) >= 11 is 0. The summed E-state index contributed by atoms with van der Waals surface area (Å²) in [6, 6.07) is 14.1. The van der Waals surface area contributed by atoms with Gasteiger partial charge in [-0.25, -0.2) is 0 Å². The van der Waals surface area contributed by atoms with E-state index >= 15 is 0 Å². The van der Waals surface area contributed by atoms with Gasteiger partial charge in [-0.3, -0.25) is 9.78 Å². The van der Waals surface area contributed by atoms with E-state index in [1.807, 2.05) is 30.3 Å². The molecule has 1 aromatic heterocycles. The number of benzene rings is 1. The number of hydrogen-bond donors (Lipinski definition) is 2. The third-order valence-electron chi connectivity index (χ3n) is 4.14. The van der Waals surface area contributed by atoms with Crippen molar-refractivity contribution in [1.82, 2.24) is 15.6 Å². The molecule has 0 radical (unpaired) electrons. The number of ether oxygens (including phenoxy) is 1. The van der Waals surface area contributed by atoms with Crippen LogP contribution in [0, 0.1) is 0 Å². The molecule has 1 aromatic carbocycles. The van der Waals surface area contributed by atoms with E-state index in [2.05, 4.69) is 27.8 Å². The Morgan fingerprint density at radius 1 is 1.26 bits per heavy atom. The van der Waals surface area contributed by atoms with Gasteiger partial charge in [0.2, 0.25) is 5.91 Å². The van der Waals surface area contributed by atoms with Crippen LogP contribution in [0.1, 0.15) is 30.1 Å². The van der Waals surface area contributed by atoms with Gasteiger partial charge in [-0.1, -0.05) is 30.3 Å². The number of methoxy groups -OCH3 is 1. The molecule has 5 nitrogen and oxygen atoms in total. The summed E-state index contributed by atoms with van der Waals surface area (Å²) in [5.74, 6) is 0.861. The topological polar surface area (TPSA) is 63.2 Å². The monoisotopic (exact) mass is 311 g/mol. The van der Waals surface area contributed by atoms with Crippen LogP contribution in [0.4, 0.5) is 0 Å². The average Bonchev–Trinajstić information content (AvgIpc) is 2.62. The van der Waals surface area contributed by atoms with Gasteiger partial charge in [0.25, 0.3) is 0 Å². The molecule has 1 saturated heterocycles. The van der Waals surface area contributed by atoms with Crippen LogP contribution >= 0.6 is 0 Å². The molecule has 1 amide bonds. The second kappa shape index (κ2) is 7.24. The average molecular weight is 311 g/mol. The number of nitrogens with zero attached hydrogens (tertiary/aromatic N) is 1. The van der Waals surface area contributed by atoms with Crippen molar-refractivity contribution in [2.75, 3.05) is 7.11 Å². The summed E-state index contributed by atoms with van der Waals surface area (Å²) in [4.78, 5) is 16.1. The maximum absolute atomic E-state index is 11.8. The number of piperidine rings is 1. The summed E-state index contributed by atoms with van der Waals surface area (Å²) < 4.78 is 5.12. The molecule has 0 saturated carbocycles. The van der Waals surface area contributed by atoms with Crippen molar-refractivity contribution in [3.8, 4) is 5.75 Å². The van der Waals surface area contributed by atoms with Crippen molar-refractivity contribution in [2.45, 2.75) is 31.5 Å². The lowest BCUT2D eigenvalue weighted by Gasteiger charge is -2.33. The second-order valence-electron chi connectivity index (χ2n) is 5.67. The van der Waals surface area contributed by atoms with Crippen LogP contribution < -0.4 is 15.4 Å². The number of carbonyl (C=O) groups is 1. The van der Waals surface area contributed by atoms with Crippen LogP contribution in [-0.2, 0) is 11.3 Å². The number of carbonyl (C=O) groups excluding carboxylic acids is 1. The Hall–Kier alpha value is -2.40. The van der Waals surface area contributed by atoms with Gasteiger partial charge in [-0.05, 0) is 24.1 Å².